The Kier molecular flexibility index (Phi) is 43.2. The number of amides is 6. The summed E-state index contributed by atoms with van der Waals surface area (Å²) in [6.45, 7) is -5.59. The molecule has 8 heterocycles. The maximum atomic E-state index is 13.6. The first-order valence-electron chi connectivity index (χ1n) is 43.9. The summed E-state index contributed by atoms with van der Waals surface area (Å²) in [6.07, 6.45) is 7.09. The highest BCUT2D eigenvalue weighted by molar-refractivity contribution is 6.28. The summed E-state index contributed by atoms with van der Waals surface area (Å²) in [5, 5.41) is 120. The molecular formula is C88H101Cl2N27O26. The van der Waals surface area contributed by atoms with Crippen molar-refractivity contribution in [2.75, 3.05) is 101 Å². The molecule has 8 aromatic heterocycles. The van der Waals surface area contributed by atoms with Crippen LogP contribution in [0.15, 0.2) is 122 Å². The highest BCUT2D eigenvalue weighted by atomic mass is 35.5. The third kappa shape index (κ3) is 38.7. The molecule has 19 N–H and O–H groups in total. The second-order valence-corrected chi connectivity index (χ2v) is 32.4. The number of hydrogen-bond acceptors (Lipinski definition) is 38. The third-order valence-corrected chi connectivity index (χ3v) is 20.8. The van der Waals surface area contributed by atoms with Crippen molar-refractivity contribution in [3.63, 3.8) is 0 Å². The van der Waals surface area contributed by atoms with E-state index in [1.807, 2.05) is 0 Å². The lowest BCUT2D eigenvalue weighted by Crippen LogP contribution is -2.55. The zero-order chi connectivity index (χ0) is 104. The number of rotatable bonds is 63. The number of nitrogens with one attached hydrogen (secondary N) is 9. The first-order chi connectivity index (χ1) is 68.3. The fourth-order valence-corrected chi connectivity index (χ4v) is 14.4. The molecule has 53 nitrogen and oxygen atoms in total. The molecule has 0 aliphatic rings. The van der Waals surface area contributed by atoms with Gasteiger partial charge in [-0.2, -0.15) is 29.9 Å². The van der Waals surface area contributed by atoms with E-state index in [9.17, 15) is 123 Å². The van der Waals surface area contributed by atoms with E-state index in [0.717, 1.165) is 6.92 Å². The van der Waals surface area contributed by atoms with Crippen molar-refractivity contribution in [2.45, 2.75) is 128 Å². The van der Waals surface area contributed by atoms with Gasteiger partial charge in [-0.1, -0.05) is 36.4 Å². The number of nitrogens with zero attached hydrogens (tertiary/aromatic N) is 18. The van der Waals surface area contributed by atoms with E-state index in [1.54, 1.807) is 72.8 Å². The fourth-order valence-electron chi connectivity index (χ4n) is 14.1. The van der Waals surface area contributed by atoms with E-state index in [2.05, 4.69) is 118 Å². The number of ether oxygens (including phenoxy) is 1. The molecule has 9 rings (SSSR count). The molecule has 0 aliphatic carbocycles. The molecule has 6 amide bonds. The van der Waals surface area contributed by atoms with Crippen molar-refractivity contribution in [1.29, 1.82) is 0 Å². The Bertz CT molecular complexity index is 5970. The van der Waals surface area contributed by atoms with Crippen LogP contribution in [0.5, 0.6) is 11.8 Å². The second kappa shape index (κ2) is 56.0. The molecule has 0 saturated carbocycles. The lowest BCUT2D eigenvalue weighted by molar-refractivity contribution is -0.148. The molecule has 5 atom stereocenters. The van der Waals surface area contributed by atoms with Crippen molar-refractivity contribution in [3.05, 3.63) is 161 Å². The number of aliphatic carboxylic acids is 9. The number of carboxylic acid groups (broad SMARTS) is 9. The number of aliphatic hydroxyl groups excluding tert-OH is 1. The predicted molar refractivity (Wildman–Crippen MR) is 499 cm³/mol. The van der Waals surface area contributed by atoms with Gasteiger partial charge in [-0.15, -0.1) is 0 Å². The Morgan fingerprint density at radius 1 is 0.357 bits per heavy atom. The summed E-state index contributed by atoms with van der Waals surface area (Å²) >= 11 is 12.5. The minimum absolute atomic E-state index is 0.000667. The number of carbonyl (C=O) groups excluding carboxylic acids is 6. The Morgan fingerprint density at radius 2 is 0.706 bits per heavy atom. The van der Waals surface area contributed by atoms with Gasteiger partial charge in [0.05, 0.1) is 136 Å². The Labute approximate surface area is 822 Å². The predicted octanol–water partition coefficient (Wildman–Crippen LogP) is 0.895. The number of aliphatic hydroxyl groups is 1. The van der Waals surface area contributed by atoms with Crippen molar-refractivity contribution >= 4 is 130 Å². The van der Waals surface area contributed by atoms with E-state index in [1.165, 1.54) is 68.7 Å². The van der Waals surface area contributed by atoms with Gasteiger partial charge in [0, 0.05) is 59.2 Å². The van der Waals surface area contributed by atoms with E-state index in [4.69, 9.17) is 27.9 Å². The van der Waals surface area contributed by atoms with Gasteiger partial charge < -0.3 is 104 Å². The van der Waals surface area contributed by atoms with Crippen LogP contribution >= 0.6 is 23.2 Å². The van der Waals surface area contributed by atoms with Crippen LogP contribution in [0.25, 0.3) is 45.6 Å². The zero-order valence-corrected chi connectivity index (χ0v) is 77.8. The smallest absolute Gasteiger partial charge is 0.328 e. The molecule has 0 spiro atoms. The lowest BCUT2D eigenvalue weighted by Gasteiger charge is -2.27. The maximum Gasteiger partial charge on any atom is 0.328 e. The average Bonchev–Trinajstić information content (AvgIpc) is 0.820. The molecular weight excluding hydrogens is 1920 g/mol. The van der Waals surface area contributed by atoms with Crippen molar-refractivity contribution < 1.29 is 128 Å². The fraction of sp³-hybridized carbons (Fsp3) is 0.375. The van der Waals surface area contributed by atoms with Gasteiger partial charge in [-0.25, -0.2) is 34.7 Å². The first-order valence-corrected chi connectivity index (χ1v) is 44.6. The topological polar surface area (TPSA) is 769 Å². The largest absolute Gasteiger partial charge is 0.480 e. The van der Waals surface area contributed by atoms with Crippen LogP contribution in [-0.2, 0) is 105 Å². The molecule has 0 aliphatic heterocycles. The minimum atomic E-state index is -1.70. The summed E-state index contributed by atoms with van der Waals surface area (Å²) in [5.74, 6) is -16.7. The van der Waals surface area contributed by atoms with E-state index in [-0.39, 0.29) is 142 Å². The third-order valence-electron chi connectivity index (χ3n) is 20.4. The SMILES string of the molecule is CC(=O)NCC(=O)N[C@H](CCCCNc1nc(Cl)nc(NCCCC[C@@H](C(=O)O)N(CC(=O)O)Cc2cccc(-c3cncc(-c4cccc(CN(CC(=O)O)CC(=O)O)n4)n3)n2)n1)C(=O)NCC(=O)N[C@@H](CO)C(=O)NCC(=O)N[C@@H](Cc1ccc(Oc2nc(Cl)nc(NCCCC[C@@H](C(=O)O)N(CC(=O)O)Cc3cccc(-c4cncc(-c5cccc(CN(CC(=O)O)CC(=O)O)n5)n4)n3)n2)cc1)C(=O)O. The Morgan fingerprint density at radius 3 is 1.08 bits per heavy atom. The molecule has 0 bridgehead atoms. The zero-order valence-electron chi connectivity index (χ0n) is 76.3. The number of carboxylic acids is 9. The first kappa shape index (κ1) is 110. The number of anilines is 3. The number of hydrogen-bond donors (Lipinski definition) is 19. The van der Waals surface area contributed by atoms with E-state index in [0.29, 0.717) is 81.8 Å². The number of benzene rings is 1. The molecule has 55 heteroatoms. The van der Waals surface area contributed by atoms with Crippen LogP contribution in [0.2, 0.25) is 10.6 Å². The standard InChI is InChI=1S/C88H101Cl2N27O26/c1-49(119)96-35-69(120)105-60(16-2-5-27-93-85-108-83(89)109-86(112-85)94-28-6-3-21-67(81(139)140)116(46-76(131)132)40-53-14-10-19-58(101-53)64-33-91-31-62(103-64)56-17-8-12-51(99-56)38-114(42-72(123)124)43-73(125)126)78(135)97-37-71(122)107-66(48-118)79(136)98-36-70(121)106-61(80(137)138)30-50-23-25-55(26-24-50)143-88-111-84(90)110-87(113-88)95-29-7-4-22-68(82(141)142)117(47-77(133)134)41-54-15-11-20-59(102-54)65-34-92-32-63(104-65)57-18-9-13-52(100-57)39-115(44-74(127)128)45-75(129)130/h8-15,17-20,23-26,31-34,60-61,66-68,118H,2-7,16,21-22,27-30,35-48H2,1H3,(H,96,119)(H,97,135)(H,98,136)(H,105,120)(H,106,121)(H,107,122)(H,123,124)(H,125,126)(H,127,128)(H,129,130)(H,131,132)(H,133,134)(H,137,138)(H,139,140)(H,141,142)(H,95,110,111,113)(H2,93,94,108,109,112)/t60-,61+,66+,67+,68+/m1/s1. The van der Waals surface area contributed by atoms with Gasteiger partial charge in [-0.3, -0.25) is 96.7 Å². The van der Waals surface area contributed by atoms with Crippen molar-refractivity contribution in [2.24, 2.45) is 0 Å². The second-order valence-electron chi connectivity index (χ2n) is 31.7. The van der Waals surface area contributed by atoms with Gasteiger partial charge in [0.15, 0.2) is 0 Å². The summed E-state index contributed by atoms with van der Waals surface area (Å²) in [7, 11) is 0. The minimum Gasteiger partial charge on any atom is -0.480 e. The van der Waals surface area contributed by atoms with Crippen molar-refractivity contribution in [1.82, 2.24) is 121 Å². The highest BCUT2D eigenvalue weighted by Crippen LogP contribution is 2.27. The van der Waals surface area contributed by atoms with Gasteiger partial charge in [0.2, 0.25) is 63.9 Å². The van der Waals surface area contributed by atoms with Crippen molar-refractivity contribution in [3.8, 4) is 57.3 Å². The Balaban J connectivity index is 0.679. The van der Waals surface area contributed by atoms with Crippen LogP contribution in [0.4, 0.5) is 17.8 Å². The summed E-state index contributed by atoms with van der Waals surface area (Å²) in [5.41, 5.74) is 4.12. The van der Waals surface area contributed by atoms with Crippen LogP contribution in [-0.4, -0.2) is 345 Å². The molecule has 143 heavy (non-hydrogen) atoms. The molecule has 758 valence electrons. The van der Waals surface area contributed by atoms with E-state index >= 15 is 0 Å². The molecule has 9 aromatic rings. The number of pyridine rings is 4. The van der Waals surface area contributed by atoms with Crippen LogP contribution in [0.1, 0.15) is 93.1 Å². The average molecular weight is 2020 g/mol. The summed E-state index contributed by atoms with van der Waals surface area (Å²) < 4.78 is 5.81. The van der Waals surface area contributed by atoms with Crippen LogP contribution in [0.3, 0.4) is 0 Å². The molecule has 0 fully saturated rings. The number of carbonyl (C=O) groups is 15. The summed E-state index contributed by atoms with van der Waals surface area (Å²) in [6, 6.07) is 17.8. The van der Waals surface area contributed by atoms with E-state index < -0.39 is 185 Å². The van der Waals surface area contributed by atoms with Gasteiger partial charge in [0.25, 0.3) is 0 Å². The van der Waals surface area contributed by atoms with Crippen LogP contribution < -0.4 is 52.6 Å². The van der Waals surface area contributed by atoms with Gasteiger partial charge in [-0.05, 0) is 147 Å². The molecule has 0 radical (unpaired) electrons. The van der Waals surface area contributed by atoms with Gasteiger partial charge in [0.1, 0.15) is 58.7 Å². The molecule has 1 aromatic carbocycles. The lowest BCUT2D eigenvalue weighted by atomic mass is 10.1. The quantitative estimate of drug-likeness (QED) is 0.0235. The summed E-state index contributed by atoms with van der Waals surface area (Å²) in [4.78, 5) is 251. The number of unbranched alkanes of at least 4 members (excludes halogenated alkanes) is 3. The van der Waals surface area contributed by atoms with Crippen LogP contribution in [0, 0.1) is 0 Å². The number of aromatic nitrogens is 14. The Hall–Kier alpha value is -16.4. The normalized spacial score (nSPS) is 12.2. The maximum absolute atomic E-state index is 13.6. The monoisotopic (exact) mass is 2020 g/mol. The molecule has 0 unspecified atom stereocenters. The number of halogens is 2. The molecule has 0 saturated heterocycles. The van der Waals surface area contributed by atoms with Gasteiger partial charge >= 0.3 is 59.7 Å². The highest BCUT2D eigenvalue weighted by Gasteiger charge is 2.32.